The Morgan fingerprint density at radius 2 is 1.62 bits per heavy atom. The Balaban J connectivity index is 0.000000335. The fraction of sp³-hybridized carbons (Fsp3) is 0.440. The monoisotopic (exact) mass is 521 g/mol. The zero-order valence-corrected chi connectivity index (χ0v) is 20.5. The molecule has 0 amide bonds. The summed E-state index contributed by atoms with van der Waals surface area (Å²) >= 11 is 0. The van der Waals surface area contributed by atoms with Crippen LogP contribution in [0.5, 0.6) is 0 Å². The van der Waals surface area contributed by atoms with Gasteiger partial charge in [0.2, 0.25) is 11.6 Å². The molecular weight excluding hydrogens is 492 g/mol. The van der Waals surface area contributed by atoms with Crippen molar-refractivity contribution in [3.63, 3.8) is 0 Å². The van der Waals surface area contributed by atoms with Crippen LogP contribution in [0.15, 0.2) is 36.4 Å². The van der Waals surface area contributed by atoms with Gasteiger partial charge in [0.05, 0.1) is 9.85 Å². The van der Waals surface area contributed by atoms with Crippen molar-refractivity contribution in [3.8, 4) is 0 Å². The minimum absolute atomic E-state index is 0.00382. The molecule has 0 heterocycles. The van der Waals surface area contributed by atoms with E-state index in [9.17, 15) is 38.6 Å². The van der Waals surface area contributed by atoms with E-state index in [1.165, 1.54) is 18.2 Å². The second kappa shape index (κ2) is 14.1. The van der Waals surface area contributed by atoms with Crippen LogP contribution in [0.3, 0.4) is 0 Å². The van der Waals surface area contributed by atoms with Crippen LogP contribution in [-0.2, 0) is 16.1 Å². The Labute approximate surface area is 212 Å². The van der Waals surface area contributed by atoms with Crippen molar-refractivity contribution in [3.05, 3.63) is 79.4 Å². The molecular formula is C25H29F2N3O7. The second-order valence-electron chi connectivity index (χ2n) is 9.04. The average Bonchev–Trinajstić information content (AvgIpc) is 3.35. The van der Waals surface area contributed by atoms with Crippen LogP contribution in [0.2, 0.25) is 0 Å². The number of ether oxygens (including phenoxy) is 1. The van der Waals surface area contributed by atoms with E-state index in [-0.39, 0.29) is 30.1 Å². The van der Waals surface area contributed by atoms with Gasteiger partial charge in [0.15, 0.2) is 0 Å². The Morgan fingerprint density at radius 3 is 2.16 bits per heavy atom. The van der Waals surface area contributed by atoms with Crippen molar-refractivity contribution in [2.75, 3.05) is 0 Å². The largest absolute Gasteiger partial charge is 0.461 e. The first-order chi connectivity index (χ1) is 17.5. The number of esters is 1. The lowest BCUT2D eigenvalue weighted by Crippen LogP contribution is -2.40. The summed E-state index contributed by atoms with van der Waals surface area (Å²) in [6.07, 6.45) is 5.00. The predicted molar refractivity (Wildman–Crippen MR) is 130 cm³/mol. The number of aldehydes is 1. The number of nitrogens with one attached hydrogen (secondary N) is 1. The molecule has 1 aliphatic carbocycles. The maximum atomic E-state index is 13.4. The van der Waals surface area contributed by atoms with Crippen molar-refractivity contribution < 1.29 is 33.0 Å². The zero-order valence-electron chi connectivity index (χ0n) is 20.5. The van der Waals surface area contributed by atoms with Gasteiger partial charge >= 0.3 is 17.3 Å². The lowest BCUT2D eigenvalue weighted by Gasteiger charge is -2.21. The molecule has 0 aliphatic heterocycles. The molecule has 0 saturated heterocycles. The molecule has 200 valence electrons. The van der Waals surface area contributed by atoms with Gasteiger partial charge in [0, 0.05) is 24.2 Å². The Bertz CT molecular complexity index is 1120. The van der Waals surface area contributed by atoms with Gasteiger partial charge in [-0.05, 0) is 61.8 Å². The van der Waals surface area contributed by atoms with Crippen molar-refractivity contribution in [1.29, 1.82) is 0 Å². The highest BCUT2D eigenvalue weighted by Gasteiger charge is 2.26. The van der Waals surface area contributed by atoms with Gasteiger partial charge in [0.1, 0.15) is 18.4 Å². The van der Waals surface area contributed by atoms with E-state index in [4.69, 9.17) is 4.74 Å². The van der Waals surface area contributed by atoms with Gasteiger partial charge in [-0.3, -0.25) is 29.8 Å². The van der Waals surface area contributed by atoms with Gasteiger partial charge in [-0.2, -0.15) is 8.78 Å². The first-order valence-electron chi connectivity index (χ1n) is 11.8. The highest BCUT2D eigenvalue weighted by atomic mass is 19.1. The van der Waals surface area contributed by atoms with Crippen LogP contribution in [0.25, 0.3) is 0 Å². The average molecular weight is 522 g/mol. The van der Waals surface area contributed by atoms with Crippen LogP contribution in [0.4, 0.5) is 20.2 Å². The number of benzene rings is 2. The van der Waals surface area contributed by atoms with E-state index < -0.39 is 38.9 Å². The van der Waals surface area contributed by atoms with Crippen LogP contribution >= 0.6 is 0 Å². The summed E-state index contributed by atoms with van der Waals surface area (Å²) in [4.78, 5) is 41.9. The lowest BCUT2D eigenvalue weighted by molar-refractivity contribution is -0.387. The number of nitrogens with zero attached hydrogens (tertiary/aromatic N) is 2. The second-order valence-corrected chi connectivity index (χ2v) is 9.04. The molecule has 10 nitrogen and oxygen atoms in total. The molecule has 1 saturated carbocycles. The number of rotatable bonds is 10. The minimum atomic E-state index is -0.939. The molecule has 0 spiro atoms. The normalized spacial score (nSPS) is 14.0. The molecule has 1 aliphatic rings. The van der Waals surface area contributed by atoms with E-state index in [0.717, 1.165) is 43.9 Å². The van der Waals surface area contributed by atoms with Crippen molar-refractivity contribution in [2.24, 2.45) is 5.92 Å². The molecule has 1 atom stereocenters. The van der Waals surface area contributed by atoms with Gasteiger partial charge in [-0.1, -0.05) is 19.9 Å². The number of nitro groups is 2. The smallest absolute Gasteiger partial charge is 0.323 e. The molecule has 3 rings (SSSR count). The topological polar surface area (TPSA) is 142 Å². The minimum Gasteiger partial charge on any atom is -0.461 e. The molecule has 1 fully saturated rings. The lowest BCUT2D eigenvalue weighted by atomic mass is 10.0. The third-order valence-corrected chi connectivity index (χ3v) is 5.64. The molecule has 0 unspecified atom stereocenters. The first-order valence-corrected chi connectivity index (χ1v) is 11.8. The summed E-state index contributed by atoms with van der Waals surface area (Å²) in [5.74, 6) is -1.80. The number of halogens is 2. The fourth-order valence-electron chi connectivity index (χ4n) is 3.78. The van der Waals surface area contributed by atoms with Crippen molar-refractivity contribution in [2.45, 2.75) is 64.6 Å². The first kappa shape index (κ1) is 29.4. The van der Waals surface area contributed by atoms with E-state index in [0.29, 0.717) is 18.3 Å². The third kappa shape index (κ3) is 9.30. The number of carbonyl (C=O) groups excluding carboxylic acids is 2. The molecule has 2 aromatic carbocycles. The van der Waals surface area contributed by atoms with Crippen LogP contribution in [-0.4, -0.2) is 34.2 Å². The number of hydrogen-bond acceptors (Lipinski definition) is 8. The Kier molecular flexibility index (Phi) is 11.2. The Hall–Kier alpha value is -3.80. The van der Waals surface area contributed by atoms with Crippen molar-refractivity contribution in [1.82, 2.24) is 5.32 Å². The van der Waals surface area contributed by atoms with Crippen LogP contribution < -0.4 is 5.32 Å². The summed E-state index contributed by atoms with van der Waals surface area (Å²) in [6, 6.07) is 6.22. The zero-order chi connectivity index (χ0) is 27.5. The van der Waals surface area contributed by atoms with Crippen LogP contribution in [0, 0.1) is 37.8 Å². The number of hydrogen-bond donors (Lipinski definition) is 1. The summed E-state index contributed by atoms with van der Waals surface area (Å²) in [7, 11) is 0. The third-order valence-electron chi connectivity index (χ3n) is 5.64. The SMILES string of the molecule is CC(C)C[C@H](NCc1ccc(F)c([N+](=O)[O-])c1)C(=O)OC1CCCC1.O=Cc1ccc(F)c([N+](=O)[O-])c1. The van der Waals surface area contributed by atoms with E-state index in [1.807, 2.05) is 13.8 Å². The standard InChI is InChI=1S/C18H25FN2O4.C7H4FNO3/c1-12(2)9-16(18(22)25-14-5-3-4-6-14)20-11-13-7-8-15(19)17(10-13)21(23)24;8-6-2-1-5(4-10)3-7(6)9(11)12/h7-8,10,12,14,16,20H,3-6,9,11H2,1-2H3;1-4H/t16-;/m0./s1. The van der Waals surface area contributed by atoms with Gasteiger partial charge in [-0.25, -0.2) is 0 Å². The molecule has 0 bridgehead atoms. The van der Waals surface area contributed by atoms with E-state index in [2.05, 4.69) is 5.32 Å². The maximum absolute atomic E-state index is 13.4. The molecule has 0 aromatic heterocycles. The molecule has 1 N–H and O–H groups in total. The van der Waals surface area contributed by atoms with Gasteiger partial charge in [0.25, 0.3) is 0 Å². The highest BCUT2D eigenvalue weighted by Crippen LogP contribution is 2.23. The Morgan fingerprint density at radius 1 is 1.05 bits per heavy atom. The quantitative estimate of drug-likeness (QED) is 0.193. The molecule has 12 heteroatoms. The molecule has 37 heavy (non-hydrogen) atoms. The molecule has 2 aromatic rings. The van der Waals surface area contributed by atoms with Gasteiger partial charge in [-0.15, -0.1) is 0 Å². The van der Waals surface area contributed by atoms with Crippen LogP contribution in [0.1, 0.15) is 61.9 Å². The fourth-order valence-corrected chi connectivity index (χ4v) is 3.78. The summed E-state index contributed by atoms with van der Waals surface area (Å²) < 4.78 is 31.6. The summed E-state index contributed by atoms with van der Waals surface area (Å²) in [5.41, 5.74) is -0.605. The highest BCUT2D eigenvalue weighted by molar-refractivity contribution is 5.76. The number of nitro benzene ring substituents is 2. The van der Waals surface area contributed by atoms with Gasteiger partial charge < -0.3 is 10.1 Å². The molecule has 0 radical (unpaired) electrons. The summed E-state index contributed by atoms with van der Waals surface area (Å²) in [6.45, 7) is 4.26. The summed E-state index contributed by atoms with van der Waals surface area (Å²) in [5, 5.41) is 24.1. The van der Waals surface area contributed by atoms with E-state index >= 15 is 0 Å². The predicted octanol–water partition coefficient (Wildman–Crippen LogP) is 5.27. The number of carbonyl (C=O) groups is 2. The van der Waals surface area contributed by atoms with Crippen molar-refractivity contribution >= 4 is 23.6 Å². The maximum Gasteiger partial charge on any atom is 0.323 e. The van der Waals surface area contributed by atoms with E-state index in [1.54, 1.807) is 0 Å².